The molecular weight excluding hydrogens is 1300 g/mol. The fourth-order valence-electron chi connectivity index (χ4n) is 10.6. The summed E-state index contributed by atoms with van der Waals surface area (Å²) in [4.78, 5) is 117. The quantitative estimate of drug-likeness (QED) is 0.0275. The number of ether oxygens (including phenoxy) is 1. The highest BCUT2D eigenvalue weighted by molar-refractivity contribution is 9.08. The highest BCUT2D eigenvalue weighted by atomic mass is 79.9. The van der Waals surface area contributed by atoms with E-state index in [0.29, 0.717) is 81.2 Å². The number of hydrogen-bond donors (Lipinski definition) is 2. The lowest BCUT2D eigenvalue weighted by atomic mass is 10.0. The van der Waals surface area contributed by atoms with Crippen molar-refractivity contribution in [3.8, 4) is 22.8 Å². The lowest BCUT2D eigenvalue weighted by molar-refractivity contribution is -0.385. The van der Waals surface area contributed by atoms with Gasteiger partial charge in [0.1, 0.15) is 35.5 Å². The summed E-state index contributed by atoms with van der Waals surface area (Å²) in [5, 5.41) is 55.2. The molecule has 11 rings (SSSR count). The zero-order chi connectivity index (χ0) is 68.7. The number of hydrogen-bond acceptors (Lipinski definition) is 17. The second-order valence-electron chi connectivity index (χ2n) is 22.1. The van der Waals surface area contributed by atoms with Gasteiger partial charge in [-0.25, -0.2) is 0 Å². The first-order valence-electron chi connectivity index (χ1n) is 30.3. The number of furan rings is 1. The Balaban J connectivity index is 0.000000212. The van der Waals surface area contributed by atoms with E-state index >= 15 is 0 Å². The average Bonchev–Trinajstić information content (AvgIpc) is 2.43. The third-order valence-electron chi connectivity index (χ3n) is 15.7. The van der Waals surface area contributed by atoms with Crippen LogP contribution < -0.4 is 10.1 Å². The van der Waals surface area contributed by atoms with Gasteiger partial charge in [0.2, 0.25) is 17.7 Å². The number of non-ortho nitro benzene ring substituents is 4. The molecule has 3 amide bonds. The number of nitrogens with one attached hydrogen (secondary N) is 1. The van der Waals surface area contributed by atoms with E-state index in [9.17, 15) is 69.2 Å². The number of benzene rings is 8. The molecule has 0 unspecified atom stereocenters. The van der Waals surface area contributed by atoms with Gasteiger partial charge in [0.15, 0.2) is 18.4 Å². The Labute approximate surface area is 557 Å². The van der Waals surface area contributed by atoms with Gasteiger partial charge in [0.25, 0.3) is 22.7 Å². The van der Waals surface area contributed by atoms with Crippen LogP contribution in [0.2, 0.25) is 0 Å². The van der Waals surface area contributed by atoms with Gasteiger partial charge >= 0.3 is 0 Å². The van der Waals surface area contributed by atoms with E-state index in [1.807, 2.05) is 109 Å². The normalized spacial score (nSPS) is 13.7. The number of nitrogens with zero attached hydrogens (tertiary/aromatic N) is 6. The maximum Gasteiger partial charge on any atom is 0.270 e. The van der Waals surface area contributed by atoms with Crippen molar-refractivity contribution < 1.29 is 62.7 Å². The second kappa shape index (κ2) is 34.3. The van der Waals surface area contributed by atoms with Gasteiger partial charge in [-0.15, -0.1) is 0 Å². The first-order chi connectivity index (χ1) is 46.3. The SMILES string of the molecule is O=C(Cc1ccc2oc(-c3ccc(NC(=O)[C@@H]4CCCN4C(=O)CCc4ccccc4)cc3)cc2c1)[C@@H]1CCCN1C(=O)CCc1ccccc1.O=Cc1cc([N+](=O)[O-])ccc1O.O=Cc1cc([N+](=O)[O-])ccc1OCc1ccc([N+](=O)[O-])cc1.O=[N+]([O-])c1ccc(CBr)cc1. The van der Waals surface area contributed by atoms with Crippen molar-refractivity contribution in [1.29, 1.82) is 0 Å². The van der Waals surface area contributed by atoms with E-state index in [0.717, 1.165) is 81.2 Å². The Morgan fingerprint density at radius 3 is 1.57 bits per heavy atom. The number of alkyl halides is 1. The van der Waals surface area contributed by atoms with Gasteiger partial charge in [-0.05, 0) is 133 Å². The van der Waals surface area contributed by atoms with Crippen molar-refractivity contribution in [3.63, 3.8) is 0 Å². The van der Waals surface area contributed by atoms with Crippen molar-refractivity contribution in [2.24, 2.45) is 0 Å². The number of ketones is 1. The van der Waals surface area contributed by atoms with Gasteiger partial charge in [0, 0.05) is 103 Å². The molecule has 0 saturated carbocycles. The Bertz CT molecular complexity index is 4250. The van der Waals surface area contributed by atoms with Crippen molar-refractivity contribution in [3.05, 3.63) is 274 Å². The summed E-state index contributed by atoms with van der Waals surface area (Å²) in [6.07, 6.45) is 6.22. The van der Waals surface area contributed by atoms with Crippen LogP contribution in [0.1, 0.15) is 87.1 Å². The number of rotatable bonds is 22. The van der Waals surface area contributed by atoms with Gasteiger partial charge in [-0.3, -0.25) is 69.2 Å². The molecule has 96 heavy (non-hydrogen) atoms. The second-order valence-corrected chi connectivity index (χ2v) is 22.7. The molecule has 2 aliphatic heterocycles. The molecule has 0 aliphatic carbocycles. The van der Waals surface area contributed by atoms with E-state index in [-0.39, 0.29) is 87.9 Å². The largest absolute Gasteiger partial charge is 0.507 e. The van der Waals surface area contributed by atoms with Gasteiger partial charge in [-0.1, -0.05) is 94.8 Å². The number of nitro groups is 4. The summed E-state index contributed by atoms with van der Waals surface area (Å²) in [5.41, 5.74) is 6.73. The summed E-state index contributed by atoms with van der Waals surface area (Å²) in [7, 11) is 0. The van der Waals surface area contributed by atoms with Crippen molar-refractivity contribution in [2.45, 2.75) is 81.8 Å². The number of fused-ring (bicyclic) bond motifs is 1. The molecule has 0 radical (unpaired) electrons. The average molecular weight is 1370 g/mol. The highest BCUT2D eigenvalue weighted by Gasteiger charge is 2.35. The minimum Gasteiger partial charge on any atom is -0.507 e. The molecule has 2 aliphatic rings. The maximum absolute atomic E-state index is 13.4. The Kier molecular flexibility index (Phi) is 25.1. The van der Waals surface area contributed by atoms with Crippen LogP contribution in [-0.4, -0.2) is 95.8 Å². The van der Waals surface area contributed by atoms with Crippen LogP contribution in [0.4, 0.5) is 28.4 Å². The molecule has 0 bridgehead atoms. The number of aryl methyl sites for hydroxylation is 2. The molecule has 9 aromatic rings. The number of likely N-dealkylation sites (tertiary alicyclic amines) is 2. The predicted octanol–water partition coefficient (Wildman–Crippen LogP) is 13.9. The summed E-state index contributed by atoms with van der Waals surface area (Å²) >= 11 is 3.25. The molecule has 3 heterocycles. The Morgan fingerprint density at radius 1 is 0.552 bits per heavy atom. The van der Waals surface area contributed by atoms with Gasteiger partial charge in [-0.2, -0.15) is 0 Å². The number of phenolic OH excluding ortho intramolecular Hbond substituents is 1. The fourth-order valence-corrected chi connectivity index (χ4v) is 11.0. The highest BCUT2D eigenvalue weighted by Crippen LogP contribution is 2.32. The number of phenols is 1. The summed E-state index contributed by atoms with van der Waals surface area (Å²) < 4.78 is 11.6. The molecular formula is C71H64BrN7O17. The smallest absolute Gasteiger partial charge is 0.270 e. The van der Waals surface area contributed by atoms with Crippen molar-refractivity contribution in [2.75, 3.05) is 18.4 Å². The summed E-state index contributed by atoms with van der Waals surface area (Å²) in [6.45, 7) is 1.31. The molecule has 2 N–H and O–H groups in total. The van der Waals surface area contributed by atoms with E-state index in [2.05, 4.69) is 21.2 Å². The number of halogens is 1. The third kappa shape index (κ3) is 19.7. The van der Waals surface area contributed by atoms with Crippen LogP contribution in [-0.2, 0) is 50.4 Å². The predicted molar refractivity (Wildman–Crippen MR) is 360 cm³/mol. The van der Waals surface area contributed by atoms with Crippen molar-refractivity contribution >= 4 is 91.4 Å². The van der Waals surface area contributed by atoms with Crippen LogP contribution in [0.25, 0.3) is 22.3 Å². The minimum absolute atomic E-state index is 0.00870. The van der Waals surface area contributed by atoms with Gasteiger partial charge in [0.05, 0.1) is 36.9 Å². The van der Waals surface area contributed by atoms with Crippen LogP contribution >= 0.6 is 15.9 Å². The maximum atomic E-state index is 13.4. The zero-order valence-corrected chi connectivity index (χ0v) is 53.1. The first kappa shape index (κ1) is 70.3. The first-order valence-corrected chi connectivity index (χ1v) is 31.4. The van der Waals surface area contributed by atoms with Crippen molar-refractivity contribution in [1.82, 2.24) is 9.80 Å². The molecule has 0 spiro atoms. The number of carbonyl (C=O) groups is 6. The lowest BCUT2D eigenvalue weighted by Crippen LogP contribution is -2.43. The molecule has 8 aromatic carbocycles. The number of amides is 3. The fraction of sp³-hybridized carbons (Fsp3) is 0.211. The van der Waals surface area contributed by atoms with E-state index in [4.69, 9.17) is 14.3 Å². The monoisotopic (exact) mass is 1370 g/mol. The number of nitro benzene ring substituents is 4. The molecule has 492 valence electrons. The minimum atomic E-state index is -0.633. The number of aldehydes is 2. The molecule has 2 atom stereocenters. The van der Waals surface area contributed by atoms with E-state index in [1.165, 1.54) is 48.5 Å². The van der Waals surface area contributed by atoms with Crippen LogP contribution in [0.3, 0.4) is 0 Å². The van der Waals surface area contributed by atoms with Crippen LogP contribution in [0, 0.1) is 40.5 Å². The number of Topliss-reactive ketones (excluding diaryl/α,β-unsaturated/α-hetero) is 1. The number of carbonyl (C=O) groups excluding carboxylic acids is 6. The molecule has 24 nitrogen and oxygen atoms in total. The number of anilines is 1. The molecule has 1 aromatic heterocycles. The standard InChI is InChI=1S/C43H43N3O5.C14H10N2O6.C7H6BrNO2.C7H5NO4/c47-38(36-13-7-25-45(36)41(48)23-16-30-9-3-1-4-10-30)28-32-15-22-39-34(27-32)29-40(51-39)33-18-20-35(21-19-33)44-43(50)37-14-8-26-46(37)42(49)24-17-31-11-5-2-6-12-31;17-8-11-7-13(16(20)21)5-6-14(11)22-9-10-1-3-12(4-2-10)15(18)19;8-5-6-1-3-7(4-2-6)9(10)11;9-4-5-3-6(8(11)12)1-2-7(5)10/h1-6,9-12,15,18-22,27,29,36-37H,7-8,13-14,16-17,23-26,28H2,(H,44,50);1-8H,9H2;1-4H,5H2;1-4,10H/t36-,37-;;;/m0.../s1. The van der Waals surface area contributed by atoms with Gasteiger partial charge < -0.3 is 29.4 Å². The topological polar surface area (TPSA) is 336 Å². The summed E-state index contributed by atoms with van der Waals surface area (Å²) in [6, 6.07) is 53.4. The lowest BCUT2D eigenvalue weighted by Gasteiger charge is -2.24. The summed E-state index contributed by atoms with van der Waals surface area (Å²) in [5.74, 6) is 0.586. The molecule has 2 saturated heterocycles. The van der Waals surface area contributed by atoms with Crippen LogP contribution in [0.5, 0.6) is 11.5 Å². The Morgan fingerprint density at radius 2 is 1.04 bits per heavy atom. The van der Waals surface area contributed by atoms with E-state index < -0.39 is 25.7 Å². The molecule has 25 heteroatoms. The van der Waals surface area contributed by atoms with E-state index in [1.54, 1.807) is 21.9 Å². The number of aromatic hydroxyl groups is 1. The zero-order valence-electron chi connectivity index (χ0n) is 51.5. The molecule has 2 fully saturated rings. The van der Waals surface area contributed by atoms with Crippen LogP contribution in [0.15, 0.2) is 199 Å². The third-order valence-corrected chi connectivity index (χ3v) is 16.3. The Hall–Kier alpha value is -11.6.